The number of rotatable bonds is 4. The van der Waals surface area contributed by atoms with Crippen LogP contribution in [-0.4, -0.2) is 29.3 Å². The van der Waals surface area contributed by atoms with E-state index in [1.165, 1.54) is 14.2 Å². The van der Waals surface area contributed by atoms with Crippen molar-refractivity contribution >= 4 is 33.6 Å². The summed E-state index contributed by atoms with van der Waals surface area (Å²) in [5.41, 5.74) is 0.766. The lowest BCUT2D eigenvalue weighted by Gasteiger charge is -2.09. The minimum atomic E-state index is -0.344. The lowest BCUT2D eigenvalue weighted by Crippen LogP contribution is -2.11. The van der Waals surface area contributed by atoms with E-state index in [2.05, 4.69) is 9.97 Å². The number of phenols is 1. The van der Waals surface area contributed by atoms with Gasteiger partial charge in [-0.1, -0.05) is 23.7 Å². The zero-order chi connectivity index (χ0) is 18.0. The Bertz CT molecular complexity index is 1030. The fraction of sp³-hybridized carbons (Fsp3) is 0.111. The molecule has 0 unspecified atom stereocenters. The Morgan fingerprint density at radius 1 is 1.20 bits per heavy atom. The summed E-state index contributed by atoms with van der Waals surface area (Å²) in [6.07, 6.45) is 1.60. The van der Waals surface area contributed by atoms with E-state index in [1.54, 1.807) is 42.5 Å². The van der Waals surface area contributed by atoms with E-state index in [0.29, 0.717) is 28.0 Å². The SMILES string of the molecule is COc1cc2nc(C(Cl)=Cc3cccc(O)c3)[nH]c(=O)c2cc1OC. The van der Waals surface area contributed by atoms with E-state index in [0.717, 1.165) is 0 Å². The van der Waals surface area contributed by atoms with Crippen molar-refractivity contribution in [3.05, 3.63) is 58.1 Å². The van der Waals surface area contributed by atoms with Crippen LogP contribution in [0.2, 0.25) is 0 Å². The molecule has 0 amide bonds. The van der Waals surface area contributed by atoms with E-state index >= 15 is 0 Å². The average molecular weight is 359 g/mol. The topological polar surface area (TPSA) is 84.4 Å². The number of phenolic OH excluding ortho intramolecular Hbond substituents is 1. The predicted octanol–water partition coefficient (Wildman–Crippen LogP) is 3.38. The minimum absolute atomic E-state index is 0.120. The third kappa shape index (κ3) is 3.44. The quantitative estimate of drug-likeness (QED) is 0.746. The second-order valence-corrected chi connectivity index (χ2v) is 5.63. The van der Waals surface area contributed by atoms with Crippen molar-refractivity contribution in [2.45, 2.75) is 0 Å². The Balaban J connectivity index is 2.12. The van der Waals surface area contributed by atoms with Gasteiger partial charge in [-0.05, 0) is 29.8 Å². The Hall–Kier alpha value is -2.99. The van der Waals surface area contributed by atoms with Gasteiger partial charge in [0.05, 0.1) is 30.2 Å². The van der Waals surface area contributed by atoms with Crippen molar-refractivity contribution in [1.29, 1.82) is 0 Å². The molecule has 0 spiro atoms. The maximum absolute atomic E-state index is 12.4. The summed E-state index contributed by atoms with van der Waals surface area (Å²) in [7, 11) is 3.00. The number of nitrogens with one attached hydrogen (secondary N) is 1. The zero-order valence-electron chi connectivity index (χ0n) is 13.5. The molecule has 128 valence electrons. The number of H-pyrrole nitrogens is 1. The first-order chi connectivity index (χ1) is 12.0. The van der Waals surface area contributed by atoms with Gasteiger partial charge in [-0.15, -0.1) is 0 Å². The Morgan fingerprint density at radius 3 is 2.60 bits per heavy atom. The van der Waals surface area contributed by atoms with E-state index in [-0.39, 0.29) is 22.2 Å². The second-order valence-electron chi connectivity index (χ2n) is 5.23. The van der Waals surface area contributed by atoms with Gasteiger partial charge >= 0.3 is 0 Å². The van der Waals surface area contributed by atoms with Gasteiger partial charge in [0.25, 0.3) is 5.56 Å². The van der Waals surface area contributed by atoms with Crippen LogP contribution in [0.3, 0.4) is 0 Å². The fourth-order valence-electron chi connectivity index (χ4n) is 2.41. The summed E-state index contributed by atoms with van der Waals surface area (Å²) in [5.74, 6) is 1.24. The highest BCUT2D eigenvalue weighted by atomic mass is 35.5. The molecule has 0 aliphatic heterocycles. The number of fused-ring (bicyclic) bond motifs is 1. The largest absolute Gasteiger partial charge is 0.508 e. The van der Waals surface area contributed by atoms with Crippen LogP contribution in [0.15, 0.2) is 41.2 Å². The van der Waals surface area contributed by atoms with Crippen LogP contribution in [0.4, 0.5) is 0 Å². The molecule has 7 heteroatoms. The molecule has 3 aromatic rings. The molecule has 0 saturated carbocycles. The number of halogens is 1. The first-order valence-corrected chi connectivity index (χ1v) is 7.72. The number of aromatic amines is 1. The Morgan fingerprint density at radius 2 is 1.92 bits per heavy atom. The van der Waals surface area contributed by atoms with Gasteiger partial charge in [0.1, 0.15) is 5.75 Å². The number of hydrogen-bond donors (Lipinski definition) is 2. The van der Waals surface area contributed by atoms with Crippen molar-refractivity contribution in [2.24, 2.45) is 0 Å². The summed E-state index contributed by atoms with van der Waals surface area (Å²) in [4.78, 5) is 19.4. The highest BCUT2D eigenvalue weighted by Crippen LogP contribution is 2.30. The van der Waals surface area contributed by atoms with Gasteiger partial charge in [0, 0.05) is 6.07 Å². The summed E-state index contributed by atoms with van der Waals surface area (Å²) in [5, 5.41) is 10.1. The smallest absolute Gasteiger partial charge is 0.259 e. The van der Waals surface area contributed by atoms with Crippen LogP contribution >= 0.6 is 11.6 Å². The van der Waals surface area contributed by atoms with Crippen molar-refractivity contribution in [2.75, 3.05) is 14.2 Å². The van der Waals surface area contributed by atoms with Crippen molar-refractivity contribution in [3.63, 3.8) is 0 Å². The van der Waals surface area contributed by atoms with Crippen LogP contribution in [0.25, 0.3) is 22.0 Å². The molecule has 3 rings (SSSR count). The summed E-state index contributed by atoms with van der Waals surface area (Å²) < 4.78 is 10.4. The number of aromatic nitrogens is 2. The molecule has 1 heterocycles. The van der Waals surface area contributed by atoms with E-state index < -0.39 is 0 Å². The highest BCUT2D eigenvalue weighted by molar-refractivity contribution is 6.50. The molecule has 0 atom stereocenters. The number of aromatic hydroxyl groups is 1. The third-order valence-electron chi connectivity index (χ3n) is 3.60. The van der Waals surface area contributed by atoms with Crippen LogP contribution in [0.5, 0.6) is 17.2 Å². The van der Waals surface area contributed by atoms with Gasteiger partial charge in [0.2, 0.25) is 0 Å². The van der Waals surface area contributed by atoms with Crippen LogP contribution in [0, 0.1) is 0 Å². The molecule has 0 radical (unpaired) electrons. The maximum Gasteiger partial charge on any atom is 0.259 e. The Kier molecular flexibility index (Phi) is 4.63. The van der Waals surface area contributed by atoms with E-state index in [4.69, 9.17) is 21.1 Å². The highest BCUT2D eigenvalue weighted by Gasteiger charge is 2.12. The first-order valence-electron chi connectivity index (χ1n) is 7.34. The normalized spacial score (nSPS) is 11.6. The van der Waals surface area contributed by atoms with Crippen LogP contribution < -0.4 is 15.0 Å². The van der Waals surface area contributed by atoms with Gasteiger partial charge in [-0.2, -0.15) is 0 Å². The van der Waals surface area contributed by atoms with Crippen LogP contribution in [-0.2, 0) is 0 Å². The minimum Gasteiger partial charge on any atom is -0.508 e. The number of methoxy groups -OCH3 is 2. The molecule has 2 aromatic carbocycles. The fourth-order valence-corrected chi connectivity index (χ4v) is 2.62. The Labute approximate surface area is 148 Å². The lowest BCUT2D eigenvalue weighted by atomic mass is 10.2. The third-order valence-corrected chi connectivity index (χ3v) is 3.89. The second kappa shape index (κ2) is 6.86. The molecular formula is C18H15ClN2O4. The monoisotopic (exact) mass is 358 g/mol. The maximum atomic E-state index is 12.4. The molecule has 1 aromatic heterocycles. The molecule has 0 bridgehead atoms. The van der Waals surface area contributed by atoms with Crippen molar-refractivity contribution < 1.29 is 14.6 Å². The molecule has 6 nitrogen and oxygen atoms in total. The average Bonchev–Trinajstić information content (AvgIpc) is 2.60. The van der Waals surface area contributed by atoms with Gasteiger partial charge in [0.15, 0.2) is 17.3 Å². The summed E-state index contributed by atoms with van der Waals surface area (Å²) in [6.45, 7) is 0. The van der Waals surface area contributed by atoms with E-state index in [1.807, 2.05) is 0 Å². The van der Waals surface area contributed by atoms with Gasteiger partial charge in [-0.25, -0.2) is 4.98 Å². The lowest BCUT2D eigenvalue weighted by molar-refractivity contribution is 0.355. The number of hydrogen-bond acceptors (Lipinski definition) is 5. The van der Waals surface area contributed by atoms with Crippen molar-refractivity contribution in [3.8, 4) is 17.2 Å². The molecule has 0 aliphatic carbocycles. The summed E-state index contributed by atoms with van der Waals surface area (Å²) in [6, 6.07) is 9.76. The molecule has 25 heavy (non-hydrogen) atoms. The van der Waals surface area contributed by atoms with Gasteiger partial charge < -0.3 is 19.6 Å². The van der Waals surface area contributed by atoms with E-state index in [9.17, 15) is 9.90 Å². The standard InChI is InChI=1S/C18H15ClN2O4/c1-24-15-8-12-14(9-16(15)25-2)20-17(21-18(12)23)13(19)7-10-4-3-5-11(22)6-10/h3-9,22H,1-2H3,(H,20,21,23). The van der Waals surface area contributed by atoms with Gasteiger partial charge in [-0.3, -0.25) is 4.79 Å². The molecule has 0 fully saturated rings. The molecule has 0 aliphatic rings. The summed E-state index contributed by atoms with van der Waals surface area (Å²) >= 11 is 6.29. The molecule has 0 saturated heterocycles. The number of nitrogens with zero attached hydrogens (tertiary/aromatic N) is 1. The molecule has 2 N–H and O–H groups in total. The first kappa shape index (κ1) is 16.9. The number of benzene rings is 2. The molecular weight excluding hydrogens is 344 g/mol. The van der Waals surface area contributed by atoms with Crippen molar-refractivity contribution in [1.82, 2.24) is 9.97 Å². The predicted molar refractivity (Wildman–Crippen MR) is 97.3 cm³/mol. The van der Waals surface area contributed by atoms with Crippen LogP contribution in [0.1, 0.15) is 11.4 Å². The number of ether oxygens (including phenoxy) is 2. The zero-order valence-corrected chi connectivity index (χ0v) is 14.3.